The van der Waals surface area contributed by atoms with E-state index in [4.69, 9.17) is 4.84 Å². The lowest BCUT2D eigenvalue weighted by atomic mass is 10.2. The summed E-state index contributed by atoms with van der Waals surface area (Å²) in [6.45, 7) is 4.72. The van der Waals surface area contributed by atoms with Gasteiger partial charge in [0.15, 0.2) is 0 Å². The average molecular weight is 366 g/mol. The van der Waals surface area contributed by atoms with Crippen LogP contribution in [0, 0.1) is 6.92 Å². The first-order chi connectivity index (χ1) is 12.7. The minimum atomic E-state index is 0.628. The fourth-order valence-corrected chi connectivity index (χ4v) is 4.39. The second-order valence-electron chi connectivity index (χ2n) is 6.71. The quantitative estimate of drug-likeness (QED) is 0.358. The smallest absolute Gasteiger partial charge is 0.146 e. The predicted molar refractivity (Wildman–Crippen MR) is 107 cm³/mol. The van der Waals surface area contributed by atoms with Gasteiger partial charge in [0.05, 0.1) is 16.3 Å². The number of oxime groups is 1. The molecule has 4 nitrogen and oxygen atoms in total. The van der Waals surface area contributed by atoms with Gasteiger partial charge in [0.1, 0.15) is 12.3 Å². The number of rotatable bonds is 7. The summed E-state index contributed by atoms with van der Waals surface area (Å²) in [6.07, 6.45) is 3.05. The number of hydrogen-bond acceptors (Lipinski definition) is 4. The fourth-order valence-electron chi connectivity index (χ4n) is 3.36. The van der Waals surface area contributed by atoms with Crippen molar-refractivity contribution in [2.75, 3.05) is 20.2 Å². The lowest BCUT2D eigenvalue weighted by Crippen LogP contribution is -2.20. The SMILES string of the molecule is Cc1csc2c1-n1cccc1C2=NOCCCN(C)Cc1ccccc1. The first-order valence-corrected chi connectivity index (χ1v) is 9.81. The van der Waals surface area contributed by atoms with Crippen LogP contribution >= 0.6 is 11.3 Å². The second-order valence-corrected chi connectivity index (χ2v) is 7.59. The Labute approximate surface area is 158 Å². The molecule has 4 rings (SSSR count). The summed E-state index contributed by atoms with van der Waals surface area (Å²) in [7, 11) is 2.14. The Kier molecular flexibility index (Phi) is 4.91. The van der Waals surface area contributed by atoms with Gasteiger partial charge >= 0.3 is 0 Å². The molecular formula is C21H23N3OS. The summed E-state index contributed by atoms with van der Waals surface area (Å²) in [5.74, 6) is 0. The number of aryl methyl sites for hydroxylation is 1. The van der Waals surface area contributed by atoms with Crippen LogP contribution in [0.2, 0.25) is 0 Å². The topological polar surface area (TPSA) is 29.8 Å². The third-order valence-electron chi connectivity index (χ3n) is 4.62. The third-order valence-corrected chi connectivity index (χ3v) is 5.71. The van der Waals surface area contributed by atoms with Crippen molar-refractivity contribution in [1.29, 1.82) is 0 Å². The van der Waals surface area contributed by atoms with Crippen molar-refractivity contribution in [3.8, 4) is 5.69 Å². The van der Waals surface area contributed by atoms with Gasteiger partial charge in [-0.3, -0.25) is 0 Å². The number of hydrogen-bond donors (Lipinski definition) is 0. The van der Waals surface area contributed by atoms with Gasteiger partial charge in [-0.2, -0.15) is 0 Å². The van der Waals surface area contributed by atoms with E-state index in [1.54, 1.807) is 11.3 Å². The molecule has 134 valence electrons. The largest absolute Gasteiger partial charge is 0.395 e. The van der Waals surface area contributed by atoms with Crippen LogP contribution in [0.25, 0.3) is 5.69 Å². The molecule has 3 heterocycles. The number of benzene rings is 1. The summed E-state index contributed by atoms with van der Waals surface area (Å²) in [6, 6.07) is 14.7. The van der Waals surface area contributed by atoms with Crippen LogP contribution in [-0.4, -0.2) is 35.4 Å². The van der Waals surface area contributed by atoms with Crippen molar-refractivity contribution in [2.45, 2.75) is 19.9 Å². The highest BCUT2D eigenvalue weighted by molar-refractivity contribution is 7.13. The minimum absolute atomic E-state index is 0.628. The molecule has 5 heteroatoms. The number of nitrogens with zero attached hydrogens (tertiary/aromatic N) is 3. The molecule has 0 saturated heterocycles. The normalized spacial score (nSPS) is 14.0. The Morgan fingerprint density at radius 3 is 2.85 bits per heavy atom. The molecule has 1 aliphatic rings. The first-order valence-electron chi connectivity index (χ1n) is 8.93. The van der Waals surface area contributed by atoms with Crippen molar-refractivity contribution in [3.63, 3.8) is 0 Å². The minimum Gasteiger partial charge on any atom is -0.395 e. The van der Waals surface area contributed by atoms with Gasteiger partial charge < -0.3 is 14.3 Å². The zero-order chi connectivity index (χ0) is 17.9. The Balaban J connectivity index is 1.31. The molecule has 0 saturated carbocycles. The van der Waals surface area contributed by atoms with Gasteiger partial charge in [-0.1, -0.05) is 35.5 Å². The molecule has 0 atom stereocenters. The van der Waals surface area contributed by atoms with Gasteiger partial charge in [0, 0.05) is 19.3 Å². The molecule has 1 aliphatic heterocycles. The van der Waals surface area contributed by atoms with Gasteiger partial charge in [-0.25, -0.2) is 0 Å². The zero-order valence-corrected chi connectivity index (χ0v) is 16.0. The fraction of sp³-hybridized carbons (Fsp3) is 0.286. The maximum absolute atomic E-state index is 5.67. The number of aromatic nitrogens is 1. The van der Waals surface area contributed by atoms with E-state index in [2.05, 4.69) is 82.6 Å². The van der Waals surface area contributed by atoms with Crippen LogP contribution < -0.4 is 0 Å². The van der Waals surface area contributed by atoms with E-state index in [0.717, 1.165) is 30.9 Å². The highest BCUT2D eigenvalue weighted by Gasteiger charge is 2.28. The van der Waals surface area contributed by atoms with E-state index in [1.165, 1.54) is 21.7 Å². The van der Waals surface area contributed by atoms with Crippen molar-refractivity contribution in [3.05, 3.63) is 75.7 Å². The van der Waals surface area contributed by atoms with Gasteiger partial charge in [-0.15, -0.1) is 11.3 Å². The molecule has 0 amide bonds. The molecule has 26 heavy (non-hydrogen) atoms. The summed E-state index contributed by atoms with van der Waals surface area (Å²) >= 11 is 1.74. The van der Waals surface area contributed by atoms with Crippen molar-refractivity contribution >= 4 is 17.0 Å². The Morgan fingerprint density at radius 2 is 2.00 bits per heavy atom. The van der Waals surface area contributed by atoms with Crippen LogP contribution in [-0.2, 0) is 11.4 Å². The monoisotopic (exact) mass is 365 g/mol. The van der Waals surface area contributed by atoms with E-state index in [0.29, 0.717) is 6.61 Å². The van der Waals surface area contributed by atoms with Gasteiger partial charge in [-0.05, 0) is 49.0 Å². The highest BCUT2D eigenvalue weighted by atomic mass is 32.1. The Morgan fingerprint density at radius 1 is 1.15 bits per heavy atom. The van der Waals surface area contributed by atoms with Crippen molar-refractivity contribution < 1.29 is 4.84 Å². The molecular weight excluding hydrogens is 342 g/mol. The lowest BCUT2D eigenvalue weighted by Gasteiger charge is -2.16. The van der Waals surface area contributed by atoms with Crippen LogP contribution in [0.5, 0.6) is 0 Å². The maximum atomic E-state index is 5.67. The molecule has 3 aromatic rings. The van der Waals surface area contributed by atoms with Gasteiger partial charge in [0.25, 0.3) is 0 Å². The third kappa shape index (κ3) is 3.32. The van der Waals surface area contributed by atoms with E-state index in [9.17, 15) is 0 Å². The van der Waals surface area contributed by atoms with E-state index >= 15 is 0 Å². The predicted octanol–water partition coefficient (Wildman–Crippen LogP) is 4.45. The molecule has 2 aromatic heterocycles. The molecule has 0 spiro atoms. The first kappa shape index (κ1) is 17.1. The molecule has 1 aromatic carbocycles. The molecule has 0 unspecified atom stereocenters. The zero-order valence-electron chi connectivity index (χ0n) is 15.2. The van der Waals surface area contributed by atoms with Crippen molar-refractivity contribution in [2.24, 2.45) is 5.16 Å². The van der Waals surface area contributed by atoms with E-state index in [1.807, 2.05) is 0 Å². The van der Waals surface area contributed by atoms with Gasteiger partial charge in [0.2, 0.25) is 0 Å². The molecule has 0 bridgehead atoms. The standard InChI is InChI=1S/C21H23N3OS/c1-16-15-26-21-19(18-10-6-12-24(18)20(16)21)22-25-13-7-11-23(2)14-17-8-4-3-5-9-17/h3-6,8-10,12,15H,7,11,13-14H2,1-2H3. The summed E-state index contributed by atoms with van der Waals surface area (Å²) in [5.41, 5.74) is 5.95. The average Bonchev–Trinajstić information content (AvgIpc) is 3.31. The van der Waals surface area contributed by atoms with Crippen LogP contribution in [0.3, 0.4) is 0 Å². The molecule has 0 N–H and O–H groups in total. The van der Waals surface area contributed by atoms with Crippen LogP contribution in [0.1, 0.15) is 28.1 Å². The van der Waals surface area contributed by atoms with E-state index in [-0.39, 0.29) is 0 Å². The molecule has 0 fully saturated rings. The molecule has 0 aliphatic carbocycles. The van der Waals surface area contributed by atoms with E-state index < -0.39 is 0 Å². The summed E-state index contributed by atoms with van der Waals surface area (Å²) in [4.78, 5) is 9.19. The highest BCUT2D eigenvalue weighted by Crippen LogP contribution is 2.35. The number of fused-ring (bicyclic) bond motifs is 3. The Hall–Kier alpha value is -2.37. The maximum Gasteiger partial charge on any atom is 0.146 e. The summed E-state index contributed by atoms with van der Waals surface area (Å²) < 4.78 is 2.21. The van der Waals surface area contributed by atoms with Crippen molar-refractivity contribution in [1.82, 2.24) is 9.47 Å². The van der Waals surface area contributed by atoms with Crippen LogP contribution in [0.15, 0.2) is 59.2 Å². The number of thiophene rings is 1. The lowest BCUT2D eigenvalue weighted by molar-refractivity contribution is 0.132. The Bertz CT molecular complexity index is 910. The molecule has 0 radical (unpaired) electrons. The van der Waals surface area contributed by atoms with Crippen LogP contribution in [0.4, 0.5) is 0 Å². The summed E-state index contributed by atoms with van der Waals surface area (Å²) in [5, 5.41) is 6.64. The second kappa shape index (κ2) is 7.48.